The first-order valence-electron chi connectivity index (χ1n) is 38.4. The SMILES string of the molecule is C[C@H](NC(=O)[C@@H]1CCCN1)C(=O)NCC(=O)N1CCC[C@H]1C(=O)N[C@@H](C)C(=O)NCC(=O)N1CCC[C@H]1C(=O)N[C@@H](C)C(=O)NCC(=O)N1CCC[C@H]1C(=O)N[C@@H](C)C(=O)NCC(=O)N1CCC[C@H]1C(=O)N[C@@H](C)C(=O)NCC(=O)N1CCC[C@H]1C(=O)N[C@@H](C)C(=O)NCC(=O)N1CCC[C@H]1C(=O)N[C@@H](C)C(=O)NCC(=O)O. The molecule has 0 radical (unpaired) electrons. The van der Waals surface area contributed by atoms with Gasteiger partial charge in [0.15, 0.2) is 0 Å². The number of rotatable bonds is 35. The number of carboxylic acids is 1. The topological polar surface area (TPSA) is 579 Å². The van der Waals surface area contributed by atoms with Gasteiger partial charge in [0.1, 0.15) is 85.1 Å². The van der Waals surface area contributed by atoms with Crippen LogP contribution in [0.15, 0.2) is 0 Å². The van der Waals surface area contributed by atoms with Crippen molar-refractivity contribution in [2.45, 2.75) is 223 Å². The van der Waals surface area contributed by atoms with Crippen LogP contribution in [0, 0.1) is 0 Å². The summed E-state index contributed by atoms with van der Waals surface area (Å²) in [6.45, 7) is 7.34. The number of hydrogen-bond donors (Lipinski definition) is 16. The van der Waals surface area contributed by atoms with Gasteiger partial charge < -0.3 is 114 Å². The van der Waals surface area contributed by atoms with Gasteiger partial charge in [-0.1, -0.05) is 0 Å². The smallest absolute Gasteiger partial charge is 0.322 e. The standard InChI is InChI=1S/C70H107N21O22/c1-36(79-64(107)43-15-8-22-71-43)57(100)72-29-50(92)86-23-9-16-44(86)65(108)80-37(2)58(101)73-30-51(93)87-24-10-17-45(87)66(109)81-38(3)59(102)74-31-52(94)88-25-11-18-46(88)67(110)82-39(4)60(103)75-32-53(95)89-26-12-19-47(89)68(111)83-40(5)61(104)76-33-54(96)90-27-13-20-48(90)69(112)84-41(6)62(105)77-34-55(97)91-28-14-21-49(91)70(113)85-42(7)63(106)78-35-56(98)99/h36-49,71H,8-35H2,1-7H3,(H,72,100)(H,73,101)(H,74,102)(H,75,103)(H,76,104)(H,77,105)(H,78,106)(H,79,107)(H,80,108)(H,81,109)(H,82,110)(H,83,111)(H,84,112)(H,85,113)(H,98,99)/t36-,37-,38-,39-,40-,41-,42-,43-,44-,45-,46-,47-,48-,49-/m0/s1. The quantitative estimate of drug-likeness (QED) is 0.0280. The largest absolute Gasteiger partial charge is 0.480 e. The van der Waals surface area contributed by atoms with E-state index in [2.05, 4.69) is 79.8 Å². The summed E-state index contributed by atoms with van der Waals surface area (Å²) in [7, 11) is 0. The van der Waals surface area contributed by atoms with Crippen molar-refractivity contribution >= 4 is 124 Å². The van der Waals surface area contributed by atoms with E-state index in [-0.39, 0.29) is 83.7 Å². The zero-order valence-corrected chi connectivity index (χ0v) is 64.6. The average molecular weight is 1590 g/mol. The van der Waals surface area contributed by atoms with Crippen LogP contribution >= 0.6 is 0 Å². The Morgan fingerprint density at radius 1 is 0.265 bits per heavy atom. The number of carbonyl (C=O) groups is 21. The Bertz CT molecular complexity index is 3650. The number of nitrogens with one attached hydrogen (secondary N) is 15. The van der Waals surface area contributed by atoms with Gasteiger partial charge in [0.25, 0.3) is 0 Å². The Balaban J connectivity index is 0.752. The van der Waals surface area contributed by atoms with Crippen molar-refractivity contribution < 1.29 is 106 Å². The molecule has 0 aromatic carbocycles. The summed E-state index contributed by atoms with van der Waals surface area (Å²) in [4.78, 5) is 282. The lowest BCUT2D eigenvalue weighted by molar-refractivity contribution is -0.141. The molecule has 0 unspecified atom stereocenters. The van der Waals surface area contributed by atoms with Gasteiger partial charge in [-0.15, -0.1) is 0 Å². The van der Waals surface area contributed by atoms with Crippen molar-refractivity contribution in [2.75, 3.05) is 91.6 Å². The van der Waals surface area contributed by atoms with Gasteiger partial charge >= 0.3 is 5.97 Å². The lowest BCUT2D eigenvalue weighted by Gasteiger charge is -2.27. The molecule has 7 fully saturated rings. The molecular formula is C70H107N21O22. The van der Waals surface area contributed by atoms with Gasteiger partial charge in [-0.3, -0.25) is 101 Å². The Hall–Kier alpha value is -11.2. The third-order valence-electron chi connectivity index (χ3n) is 20.8. The summed E-state index contributed by atoms with van der Waals surface area (Å²) < 4.78 is 0. The summed E-state index contributed by atoms with van der Waals surface area (Å²) in [5.74, 6) is -14.5. The Kier molecular flexibility index (Phi) is 33.0. The van der Waals surface area contributed by atoms with E-state index in [1.54, 1.807) is 0 Å². The van der Waals surface area contributed by atoms with Crippen LogP contribution in [0.1, 0.15) is 138 Å². The monoisotopic (exact) mass is 1590 g/mol. The van der Waals surface area contributed by atoms with Crippen LogP contribution in [0.5, 0.6) is 0 Å². The number of likely N-dealkylation sites (tertiary alicyclic amines) is 6. The van der Waals surface area contributed by atoms with Crippen molar-refractivity contribution in [1.82, 2.24) is 109 Å². The molecule has 7 saturated heterocycles. The van der Waals surface area contributed by atoms with E-state index in [0.29, 0.717) is 51.5 Å². The molecule has 16 N–H and O–H groups in total. The van der Waals surface area contributed by atoms with E-state index in [0.717, 1.165) is 6.42 Å². The third-order valence-corrected chi connectivity index (χ3v) is 20.8. The van der Waals surface area contributed by atoms with Crippen LogP contribution in [0.3, 0.4) is 0 Å². The van der Waals surface area contributed by atoms with Crippen LogP contribution < -0.4 is 79.8 Å². The predicted octanol–water partition coefficient (Wildman–Crippen LogP) is -9.88. The van der Waals surface area contributed by atoms with Gasteiger partial charge in [-0.2, -0.15) is 0 Å². The maximum absolute atomic E-state index is 13.6. The molecule has 7 rings (SSSR count). The second kappa shape index (κ2) is 41.9. The molecule has 0 aliphatic carbocycles. The van der Waals surface area contributed by atoms with E-state index in [4.69, 9.17) is 5.11 Å². The number of nitrogens with zero attached hydrogens (tertiary/aromatic N) is 6. The molecule has 7 heterocycles. The van der Waals surface area contributed by atoms with Crippen molar-refractivity contribution in [1.29, 1.82) is 0 Å². The Morgan fingerprint density at radius 2 is 0.442 bits per heavy atom. The highest BCUT2D eigenvalue weighted by Crippen LogP contribution is 2.24. The highest BCUT2D eigenvalue weighted by molar-refractivity contribution is 6.01. The zero-order chi connectivity index (χ0) is 83.1. The van der Waals surface area contributed by atoms with Crippen molar-refractivity contribution in [3.63, 3.8) is 0 Å². The van der Waals surface area contributed by atoms with E-state index >= 15 is 0 Å². The maximum atomic E-state index is 13.6. The minimum atomic E-state index is -1.28. The fraction of sp³-hybridized carbons (Fsp3) is 0.700. The molecule has 43 heteroatoms. The average Bonchev–Trinajstić information content (AvgIpc) is 1.75. The van der Waals surface area contributed by atoms with E-state index in [1.165, 1.54) is 77.9 Å². The molecule has 0 aromatic heterocycles. The molecule has 20 amide bonds. The molecule has 113 heavy (non-hydrogen) atoms. The fourth-order valence-electron chi connectivity index (χ4n) is 14.4. The molecule has 624 valence electrons. The van der Waals surface area contributed by atoms with Crippen molar-refractivity contribution in [2.24, 2.45) is 0 Å². The number of amides is 20. The van der Waals surface area contributed by atoms with Gasteiger partial charge in [-0.25, -0.2) is 0 Å². The number of carboxylic acid groups (broad SMARTS) is 1. The van der Waals surface area contributed by atoms with Crippen molar-refractivity contribution in [3.05, 3.63) is 0 Å². The van der Waals surface area contributed by atoms with E-state index < -0.39 is 249 Å². The highest BCUT2D eigenvalue weighted by Gasteiger charge is 2.43. The lowest BCUT2D eigenvalue weighted by atomic mass is 10.1. The second-order valence-electron chi connectivity index (χ2n) is 29.2. The Labute approximate surface area is 651 Å². The normalized spacial score (nSPS) is 22.3. The first-order chi connectivity index (χ1) is 53.6. The predicted molar refractivity (Wildman–Crippen MR) is 391 cm³/mol. The van der Waals surface area contributed by atoms with Crippen molar-refractivity contribution in [3.8, 4) is 0 Å². The van der Waals surface area contributed by atoms with Crippen LogP contribution in [0.25, 0.3) is 0 Å². The Morgan fingerprint density at radius 3 is 0.611 bits per heavy atom. The van der Waals surface area contributed by atoms with Crippen LogP contribution in [-0.2, 0) is 101 Å². The second-order valence-corrected chi connectivity index (χ2v) is 29.2. The molecule has 43 nitrogen and oxygen atoms in total. The van der Waals surface area contributed by atoms with Gasteiger partial charge in [0, 0.05) is 39.3 Å². The fourth-order valence-corrected chi connectivity index (χ4v) is 14.4. The molecular weight excluding hydrogens is 1490 g/mol. The molecule has 7 aliphatic rings. The molecule has 0 bridgehead atoms. The lowest BCUT2D eigenvalue weighted by Crippen LogP contribution is -2.56. The van der Waals surface area contributed by atoms with E-state index in [1.807, 2.05) is 0 Å². The van der Waals surface area contributed by atoms with E-state index in [9.17, 15) is 101 Å². The summed E-state index contributed by atoms with van der Waals surface area (Å²) in [5, 5.41) is 46.6. The van der Waals surface area contributed by atoms with Gasteiger partial charge in [-0.05, 0) is 145 Å². The molecule has 0 aromatic rings. The minimum Gasteiger partial charge on any atom is -0.480 e. The molecule has 7 aliphatic heterocycles. The number of hydrogen-bond acceptors (Lipinski definition) is 22. The third kappa shape index (κ3) is 24.9. The minimum absolute atomic E-state index is 0.123. The highest BCUT2D eigenvalue weighted by atomic mass is 16.4. The zero-order valence-electron chi connectivity index (χ0n) is 64.6. The van der Waals surface area contributed by atoms with Crippen LogP contribution in [-0.4, -0.2) is 335 Å². The number of aliphatic carboxylic acids is 1. The number of carbonyl (C=O) groups excluding carboxylic acids is 20. The maximum Gasteiger partial charge on any atom is 0.322 e. The van der Waals surface area contributed by atoms with Gasteiger partial charge in [0.2, 0.25) is 118 Å². The molecule has 0 spiro atoms. The van der Waals surface area contributed by atoms with Crippen LogP contribution in [0.2, 0.25) is 0 Å². The molecule has 14 atom stereocenters. The van der Waals surface area contributed by atoms with Gasteiger partial charge in [0.05, 0.1) is 45.3 Å². The summed E-state index contributed by atoms with van der Waals surface area (Å²) in [6, 6.07) is -14.5. The molecule has 0 saturated carbocycles. The summed E-state index contributed by atoms with van der Waals surface area (Å²) >= 11 is 0. The van der Waals surface area contributed by atoms with Crippen LogP contribution in [0.4, 0.5) is 0 Å². The first kappa shape index (κ1) is 89.0. The summed E-state index contributed by atoms with van der Waals surface area (Å²) in [5.41, 5.74) is 0. The first-order valence-corrected chi connectivity index (χ1v) is 38.4. The summed E-state index contributed by atoms with van der Waals surface area (Å²) in [6.07, 6.45) is 5.41.